The van der Waals surface area contributed by atoms with Crippen LogP contribution in [0.1, 0.15) is 0 Å². The van der Waals surface area contributed by atoms with Crippen LogP contribution in [-0.4, -0.2) is 26.3 Å². The van der Waals surface area contributed by atoms with Crippen LogP contribution in [0.4, 0.5) is 26.3 Å². The van der Waals surface area contributed by atoms with Gasteiger partial charge in [-0.05, 0) is 19.6 Å². The van der Waals surface area contributed by atoms with Crippen LogP contribution in [0.5, 0.6) is 0 Å². The summed E-state index contributed by atoms with van der Waals surface area (Å²) in [7, 11) is -3.20. The molecule has 0 aromatic heterocycles. The SMILES string of the molecule is C[Si](C)(C)OC(C#N)(C(F)(F)F)C(F)(F)F. The second-order valence-corrected chi connectivity index (χ2v) is 8.43. The van der Waals surface area contributed by atoms with E-state index in [1.54, 1.807) is 0 Å². The first kappa shape index (κ1) is 15.2. The van der Waals surface area contributed by atoms with Crippen LogP contribution in [0, 0.1) is 11.3 Å². The molecule has 0 fully saturated rings. The highest BCUT2D eigenvalue weighted by atomic mass is 28.4. The first-order valence-corrected chi connectivity index (χ1v) is 7.42. The zero-order valence-corrected chi connectivity index (χ0v) is 9.62. The predicted molar refractivity (Wildman–Crippen MR) is 44.9 cm³/mol. The Labute approximate surface area is 88.9 Å². The average Bonchev–Trinajstić information content (AvgIpc) is 1.93. The molecule has 94 valence electrons. The Balaban J connectivity index is 5.63. The summed E-state index contributed by atoms with van der Waals surface area (Å²) in [4.78, 5) is 0. The van der Waals surface area contributed by atoms with Crippen LogP contribution in [0.25, 0.3) is 0 Å². The van der Waals surface area contributed by atoms with Crippen molar-refractivity contribution in [3.8, 4) is 6.07 Å². The summed E-state index contributed by atoms with van der Waals surface area (Å²) in [5.74, 6) is 0. The van der Waals surface area contributed by atoms with Gasteiger partial charge in [-0.3, -0.25) is 0 Å². The van der Waals surface area contributed by atoms with E-state index in [0.29, 0.717) is 0 Å². The zero-order chi connectivity index (χ0) is 13.4. The number of alkyl halides is 6. The molecule has 0 aliphatic rings. The van der Waals surface area contributed by atoms with Gasteiger partial charge >= 0.3 is 18.0 Å². The third-order valence-electron chi connectivity index (χ3n) is 1.42. The second-order valence-electron chi connectivity index (χ2n) is 4.00. The summed E-state index contributed by atoms with van der Waals surface area (Å²) in [5, 5.41) is 8.22. The van der Waals surface area contributed by atoms with Gasteiger partial charge in [0.2, 0.25) is 0 Å². The minimum absolute atomic E-state index is 0.215. The summed E-state index contributed by atoms with van der Waals surface area (Å²) < 4.78 is 78.2. The lowest BCUT2D eigenvalue weighted by molar-refractivity contribution is -0.337. The van der Waals surface area contributed by atoms with E-state index < -0.39 is 26.3 Å². The van der Waals surface area contributed by atoms with Crippen molar-refractivity contribution in [3.63, 3.8) is 0 Å². The number of rotatable bonds is 2. The molecule has 0 saturated heterocycles. The van der Waals surface area contributed by atoms with Crippen molar-refractivity contribution >= 4 is 8.32 Å². The van der Waals surface area contributed by atoms with Crippen molar-refractivity contribution in [2.75, 3.05) is 0 Å². The van der Waals surface area contributed by atoms with Crippen molar-refractivity contribution < 1.29 is 30.8 Å². The zero-order valence-electron chi connectivity index (χ0n) is 8.62. The lowest BCUT2D eigenvalue weighted by atomic mass is 10.1. The summed E-state index contributed by atoms with van der Waals surface area (Å²) >= 11 is 0. The van der Waals surface area contributed by atoms with E-state index in [1.165, 1.54) is 0 Å². The summed E-state index contributed by atoms with van der Waals surface area (Å²) in [6.07, 6.45) is -11.6. The smallest absolute Gasteiger partial charge is 0.386 e. The first-order valence-electron chi connectivity index (χ1n) is 4.02. The monoisotopic (exact) mass is 265 g/mol. The highest BCUT2D eigenvalue weighted by Gasteiger charge is 2.74. The summed E-state index contributed by atoms with van der Waals surface area (Å²) in [5.41, 5.74) is -4.73. The molecule has 0 amide bonds. The van der Waals surface area contributed by atoms with E-state index in [4.69, 9.17) is 5.26 Å². The number of hydrogen-bond acceptors (Lipinski definition) is 2. The molecule has 0 atom stereocenters. The maximum absolute atomic E-state index is 12.4. The molecular weight excluding hydrogens is 256 g/mol. The molecule has 9 heteroatoms. The van der Waals surface area contributed by atoms with Gasteiger partial charge in [-0.15, -0.1) is 0 Å². The Morgan fingerprint density at radius 1 is 0.938 bits per heavy atom. The van der Waals surface area contributed by atoms with Crippen LogP contribution in [0.2, 0.25) is 19.6 Å². The van der Waals surface area contributed by atoms with Crippen LogP contribution >= 0.6 is 0 Å². The van der Waals surface area contributed by atoms with E-state index in [1.807, 2.05) is 0 Å². The summed E-state index contributed by atoms with van der Waals surface area (Å²) in [6, 6.07) is 0.215. The molecular formula is C7H9F6NOSi. The van der Waals surface area contributed by atoms with Crippen molar-refractivity contribution in [1.82, 2.24) is 0 Å². The largest absolute Gasteiger partial charge is 0.439 e. The van der Waals surface area contributed by atoms with E-state index >= 15 is 0 Å². The van der Waals surface area contributed by atoms with E-state index in [2.05, 4.69) is 4.43 Å². The van der Waals surface area contributed by atoms with Crippen LogP contribution in [-0.2, 0) is 4.43 Å². The molecule has 0 heterocycles. The van der Waals surface area contributed by atoms with Gasteiger partial charge in [0.05, 0.1) is 0 Å². The normalized spacial score (nSPS) is 14.8. The molecule has 0 aliphatic carbocycles. The Hall–Kier alpha value is -0.753. The van der Waals surface area contributed by atoms with Crippen molar-refractivity contribution in [2.24, 2.45) is 0 Å². The van der Waals surface area contributed by atoms with E-state index in [-0.39, 0.29) is 6.07 Å². The highest BCUT2D eigenvalue weighted by molar-refractivity contribution is 6.69. The quantitative estimate of drug-likeness (QED) is 0.567. The van der Waals surface area contributed by atoms with E-state index in [9.17, 15) is 26.3 Å². The van der Waals surface area contributed by atoms with Gasteiger partial charge in [0.1, 0.15) is 6.07 Å². The van der Waals surface area contributed by atoms with Crippen LogP contribution in [0.3, 0.4) is 0 Å². The lowest BCUT2D eigenvalue weighted by Gasteiger charge is -2.35. The molecule has 0 aromatic carbocycles. The predicted octanol–water partition coefficient (Wildman–Crippen LogP) is 3.22. The maximum atomic E-state index is 12.4. The van der Waals surface area contributed by atoms with Crippen LogP contribution in [0.15, 0.2) is 0 Å². The Kier molecular flexibility index (Phi) is 3.74. The molecule has 0 rings (SSSR count). The third-order valence-corrected chi connectivity index (χ3v) is 2.33. The molecule has 0 saturated carbocycles. The van der Waals surface area contributed by atoms with Gasteiger partial charge in [0.15, 0.2) is 8.32 Å². The fourth-order valence-electron chi connectivity index (χ4n) is 0.885. The Morgan fingerprint density at radius 3 is 1.31 bits per heavy atom. The minimum Gasteiger partial charge on any atom is -0.386 e. The van der Waals surface area contributed by atoms with Crippen LogP contribution < -0.4 is 0 Å². The molecule has 0 radical (unpaired) electrons. The van der Waals surface area contributed by atoms with Gasteiger partial charge in [-0.2, -0.15) is 31.6 Å². The standard InChI is InChI=1S/C7H9F6NOSi/c1-16(2,3)15-5(4-14,6(8,9)10)7(11,12)13/h1-3H3. The van der Waals surface area contributed by atoms with E-state index in [0.717, 1.165) is 19.6 Å². The minimum atomic E-state index is -5.82. The Bertz CT molecular complexity index is 282. The molecule has 0 spiro atoms. The van der Waals surface area contributed by atoms with Gasteiger partial charge in [-0.1, -0.05) is 0 Å². The fourth-order valence-corrected chi connectivity index (χ4v) is 2.08. The third kappa shape index (κ3) is 2.88. The van der Waals surface area contributed by atoms with Gasteiger partial charge in [0, 0.05) is 0 Å². The van der Waals surface area contributed by atoms with Crippen molar-refractivity contribution in [3.05, 3.63) is 0 Å². The molecule has 0 bridgehead atoms. The van der Waals surface area contributed by atoms with Crippen molar-refractivity contribution in [1.29, 1.82) is 5.26 Å². The summed E-state index contributed by atoms with van der Waals surface area (Å²) in [6.45, 7) is 3.41. The Morgan fingerprint density at radius 2 is 1.25 bits per heavy atom. The first-order chi connectivity index (χ1) is 6.77. The maximum Gasteiger partial charge on any atom is 0.439 e. The number of nitriles is 1. The van der Waals surface area contributed by atoms with Crippen molar-refractivity contribution in [2.45, 2.75) is 37.6 Å². The fraction of sp³-hybridized carbons (Fsp3) is 0.857. The number of nitrogens with zero attached hydrogens (tertiary/aromatic N) is 1. The second kappa shape index (κ2) is 3.92. The molecule has 0 aliphatic heterocycles. The molecule has 0 N–H and O–H groups in total. The van der Waals surface area contributed by atoms with Gasteiger partial charge in [-0.25, -0.2) is 0 Å². The molecule has 0 unspecified atom stereocenters. The number of halogens is 6. The molecule has 2 nitrogen and oxygen atoms in total. The highest BCUT2D eigenvalue weighted by Crippen LogP contribution is 2.46. The number of hydrogen-bond donors (Lipinski definition) is 0. The van der Waals surface area contributed by atoms with Gasteiger partial charge in [0.25, 0.3) is 0 Å². The average molecular weight is 265 g/mol. The lowest BCUT2D eigenvalue weighted by Crippen LogP contribution is -2.61. The van der Waals surface area contributed by atoms with Gasteiger partial charge < -0.3 is 4.43 Å². The molecule has 16 heavy (non-hydrogen) atoms. The molecule has 0 aromatic rings. The topological polar surface area (TPSA) is 33.0 Å².